The van der Waals surface area contributed by atoms with E-state index in [0.717, 1.165) is 0 Å². The highest BCUT2D eigenvalue weighted by Crippen LogP contribution is 2.22. The molecule has 0 aromatic heterocycles. The second-order valence-corrected chi connectivity index (χ2v) is 7.17. The zero-order valence-electron chi connectivity index (χ0n) is 6.75. The Morgan fingerprint density at radius 2 is 2.00 bits per heavy atom. The fourth-order valence-electron chi connectivity index (χ4n) is 0.534. The molecule has 0 heterocycles. The number of alkyl halides is 3. The first-order valence-corrected chi connectivity index (χ1v) is 7.67. The maximum atomic E-state index is 11.6. The van der Waals surface area contributed by atoms with Crippen molar-refractivity contribution >= 4 is 29.3 Å². The molecule has 0 saturated carbocycles. The summed E-state index contributed by atoms with van der Waals surface area (Å²) in [7, 11) is -5.69. The molecule has 13 heavy (non-hydrogen) atoms. The van der Waals surface area contributed by atoms with Crippen molar-refractivity contribution in [1.29, 1.82) is 0 Å². The van der Waals surface area contributed by atoms with E-state index in [2.05, 4.69) is 8.23 Å². The van der Waals surface area contributed by atoms with Crippen LogP contribution in [0.1, 0.15) is 6.42 Å². The second-order valence-electron chi connectivity index (χ2n) is 2.23. The summed E-state index contributed by atoms with van der Waals surface area (Å²) in [6, 6.07) is -0.354. The van der Waals surface area contributed by atoms with Gasteiger partial charge >= 0.3 is 15.5 Å². The van der Waals surface area contributed by atoms with Gasteiger partial charge < -0.3 is 17.8 Å². The minimum absolute atomic E-state index is 0.354. The Morgan fingerprint density at radius 3 is 2.46 bits per heavy atom. The lowest BCUT2D eigenvalue weighted by Gasteiger charge is -2.10. The number of hydrogen-bond donors (Lipinski definition) is 2. The van der Waals surface area contributed by atoms with Gasteiger partial charge in [-0.3, -0.25) is 0 Å². The molecule has 0 spiro atoms. The summed E-state index contributed by atoms with van der Waals surface area (Å²) in [5, 5.41) is 0. The monoisotopic (exact) mass is 252 g/mol. The van der Waals surface area contributed by atoms with Gasteiger partial charge in [0.15, 0.2) is 0 Å². The van der Waals surface area contributed by atoms with Crippen molar-refractivity contribution in [3.05, 3.63) is 0 Å². The van der Waals surface area contributed by atoms with Crippen molar-refractivity contribution in [2.75, 3.05) is 0 Å². The predicted molar refractivity (Wildman–Crippen MR) is 46.3 cm³/mol. The molecule has 0 radical (unpaired) electrons. The SMILES string of the molecule is O[SiH2]O[SiH2]O[SiH](O)CCC(F)(F)F. The van der Waals surface area contributed by atoms with E-state index in [4.69, 9.17) is 9.59 Å². The van der Waals surface area contributed by atoms with E-state index in [-0.39, 0.29) is 6.04 Å². The molecule has 0 aliphatic carbocycles. The van der Waals surface area contributed by atoms with Crippen LogP contribution in [0.3, 0.4) is 0 Å². The first-order valence-electron chi connectivity index (χ1n) is 3.50. The van der Waals surface area contributed by atoms with E-state index >= 15 is 0 Å². The summed E-state index contributed by atoms with van der Waals surface area (Å²) in [5.74, 6) is 0. The number of rotatable bonds is 6. The van der Waals surface area contributed by atoms with E-state index < -0.39 is 41.9 Å². The standard InChI is InChI=1S/C3H11F3O4Si3/c4-3(5,6)1-2-13(8)10-12-9-11-7/h7-8,13H,1-2,11-12H2. The van der Waals surface area contributed by atoms with Gasteiger partial charge in [0.2, 0.25) is 0 Å². The molecule has 1 atom stereocenters. The molecule has 1 unspecified atom stereocenters. The third-order valence-electron chi connectivity index (χ3n) is 1.11. The van der Waals surface area contributed by atoms with Gasteiger partial charge in [-0.2, -0.15) is 13.2 Å². The van der Waals surface area contributed by atoms with Crippen LogP contribution in [0, 0.1) is 0 Å². The first kappa shape index (κ1) is 13.3. The van der Waals surface area contributed by atoms with Crippen LogP contribution in [0.15, 0.2) is 0 Å². The maximum absolute atomic E-state index is 11.6. The van der Waals surface area contributed by atoms with Crippen molar-refractivity contribution in [1.82, 2.24) is 0 Å². The summed E-state index contributed by atoms with van der Waals surface area (Å²) in [5.41, 5.74) is 0. The lowest BCUT2D eigenvalue weighted by atomic mass is 10.5. The molecule has 0 aromatic rings. The van der Waals surface area contributed by atoms with Crippen LogP contribution >= 0.6 is 0 Å². The molecule has 0 amide bonds. The third-order valence-corrected chi connectivity index (χ3v) is 5.37. The molecule has 2 N–H and O–H groups in total. The summed E-state index contributed by atoms with van der Waals surface area (Å²) in [6.07, 6.45) is -5.27. The molecular weight excluding hydrogens is 241 g/mol. The molecule has 0 fully saturated rings. The summed E-state index contributed by atoms with van der Waals surface area (Å²) in [4.78, 5) is 17.2. The van der Waals surface area contributed by atoms with Crippen molar-refractivity contribution < 1.29 is 31.0 Å². The average molecular weight is 252 g/mol. The lowest BCUT2D eigenvalue weighted by molar-refractivity contribution is -0.131. The van der Waals surface area contributed by atoms with Gasteiger partial charge in [-0.15, -0.1) is 0 Å². The largest absolute Gasteiger partial charge is 0.425 e. The average Bonchev–Trinajstić information content (AvgIpc) is 2.00. The predicted octanol–water partition coefficient (Wildman–Crippen LogP) is -1.83. The fourth-order valence-corrected chi connectivity index (χ4v) is 3.95. The molecule has 80 valence electrons. The molecule has 0 aromatic carbocycles. The summed E-state index contributed by atoms with van der Waals surface area (Å²) >= 11 is 0. The molecule has 0 aliphatic rings. The van der Waals surface area contributed by atoms with E-state index in [1.54, 1.807) is 0 Å². The van der Waals surface area contributed by atoms with Gasteiger partial charge in [-0.1, -0.05) is 0 Å². The molecule has 4 nitrogen and oxygen atoms in total. The van der Waals surface area contributed by atoms with Crippen molar-refractivity contribution in [2.45, 2.75) is 18.6 Å². The second kappa shape index (κ2) is 6.69. The van der Waals surface area contributed by atoms with Gasteiger partial charge in [0.05, 0.1) is 0 Å². The van der Waals surface area contributed by atoms with Crippen LogP contribution in [-0.2, 0) is 8.23 Å². The zero-order valence-corrected chi connectivity index (χ0v) is 10.7. The third kappa shape index (κ3) is 10.2. The van der Waals surface area contributed by atoms with Crippen LogP contribution in [-0.4, -0.2) is 45.1 Å². The fraction of sp³-hybridized carbons (Fsp3) is 1.00. The van der Waals surface area contributed by atoms with E-state index in [1.165, 1.54) is 0 Å². The Morgan fingerprint density at radius 1 is 1.38 bits per heavy atom. The topological polar surface area (TPSA) is 58.9 Å². The van der Waals surface area contributed by atoms with E-state index in [0.29, 0.717) is 0 Å². The van der Waals surface area contributed by atoms with Crippen LogP contribution < -0.4 is 0 Å². The Balaban J connectivity index is 3.35. The molecule has 0 bridgehead atoms. The van der Waals surface area contributed by atoms with E-state index in [1.807, 2.05) is 0 Å². The Hall–Kier alpha value is 0.281. The lowest BCUT2D eigenvalue weighted by Crippen LogP contribution is -2.24. The summed E-state index contributed by atoms with van der Waals surface area (Å²) < 4.78 is 44.0. The highest BCUT2D eigenvalue weighted by molar-refractivity contribution is 6.51. The van der Waals surface area contributed by atoms with Gasteiger partial charge in [-0.25, -0.2) is 0 Å². The quantitative estimate of drug-likeness (QED) is 0.431. The van der Waals surface area contributed by atoms with Gasteiger partial charge in [0.1, 0.15) is 0 Å². The normalized spacial score (nSPS) is 16.4. The number of hydrogen-bond acceptors (Lipinski definition) is 4. The molecule has 10 heteroatoms. The summed E-state index contributed by atoms with van der Waals surface area (Å²) in [6.45, 7) is 0. The maximum Gasteiger partial charge on any atom is 0.389 e. The van der Waals surface area contributed by atoms with Gasteiger partial charge in [0, 0.05) is 6.42 Å². The van der Waals surface area contributed by atoms with E-state index in [9.17, 15) is 13.2 Å². The molecule has 0 aliphatic heterocycles. The van der Waals surface area contributed by atoms with Gasteiger partial charge in [-0.05, 0) is 6.04 Å². The minimum Gasteiger partial charge on any atom is -0.425 e. The molecular formula is C3H11F3O4Si3. The molecule has 0 saturated heterocycles. The Labute approximate surface area is 79.6 Å². The van der Waals surface area contributed by atoms with Crippen molar-refractivity contribution in [2.24, 2.45) is 0 Å². The van der Waals surface area contributed by atoms with Gasteiger partial charge in [0.25, 0.3) is 20.0 Å². The first-order chi connectivity index (χ1) is 5.95. The highest BCUT2D eigenvalue weighted by Gasteiger charge is 2.28. The minimum atomic E-state index is -4.24. The number of halogens is 3. The molecule has 0 rings (SSSR count). The highest BCUT2D eigenvalue weighted by atomic mass is 28.4. The van der Waals surface area contributed by atoms with Crippen LogP contribution in [0.4, 0.5) is 13.2 Å². The zero-order chi connectivity index (χ0) is 10.3. The van der Waals surface area contributed by atoms with Crippen molar-refractivity contribution in [3.8, 4) is 0 Å². The van der Waals surface area contributed by atoms with Crippen molar-refractivity contribution in [3.63, 3.8) is 0 Å². The smallest absolute Gasteiger partial charge is 0.389 e. The van der Waals surface area contributed by atoms with Crippen LogP contribution in [0.5, 0.6) is 0 Å². The van der Waals surface area contributed by atoms with Crippen LogP contribution in [0.25, 0.3) is 0 Å². The van der Waals surface area contributed by atoms with Crippen LogP contribution in [0.2, 0.25) is 6.04 Å². The Kier molecular flexibility index (Phi) is 6.84. The Bertz CT molecular complexity index is 134.